The third kappa shape index (κ3) is 5.59. The van der Waals surface area contributed by atoms with E-state index in [1.807, 2.05) is 35.0 Å². The van der Waals surface area contributed by atoms with Crippen LogP contribution in [0.2, 0.25) is 4.34 Å². The smallest absolute Gasteiger partial charge is 0.261 e. The van der Waals surface area contributed by atoms with E-state index in [0.29, 0.717) is 28.0 Å². The van der Waals surface area contributed by atoms with Gasteiger partial charge in [0.1, 0.15) is 5.82 Å². The summed E-state index contributed by atoms with van der Waals surface area (Å²) in [5, 5.41) is 15.8. The van der Waals surface area contributed by atoms with E-state index in [1.165, 1.54) is 11.3 Å². The minimum absolute atomic E-state index is 0.0827. The molecule has 35 heavy (non-hydrogen) atoms. The number of β-amino-alcohol motifs (C(OH)–C–C–N with tert-alkyl or cyclic N) is 1. The van der Waals surface area contributed by atoms with Crippen LogP contribution < -0.4 is 10.6 Å². The number of anilines is 1. The van der Waals surface area contributed by atoms with Crippen molar-refractivity contribution in [2.75, 3.05) is 18.4 Å². The summed E-state index contributed by atoms with van der Waals surface area (Å²) in [4.78, 5) is 32.8. The maximum absolute atomic E-state index is 13.0. The molecule has 3 heterocycles. The Morgan fingerprint density at radius 1 is 1.14 bits per heavy atom. The summed E-state index contributed by atoms with van der Waals surface area (Å²) in [7, 11) is 0. The number of aliphatic hydroxyl groups is 1. The highest BCUT2D eigenvalue weighted by atomic mass is 35.5. The van der Waals surface area contributed by atoms with Crippen molar-refractivity contribution in [2.45, 2.75) is 44.4 Å². The van der Waals surface area contributed by atoms with Crippen molar-refractivity contribution in [3.05, 3.63) is 63.8 Å². The monoisotopic (exact) mass is 513 g/mol. The molecule has 2 aliphatic rings. The number of hydrogen-bond acceptors (Lipinski definition) is 6. The lowest BCUT2D eigenvalue weighted by atomic mass is 10.0. The van der Waals surface area contributed by atoms with E-state index in [1.54, 1.807) is 18.3 Å². The van der Waals surface area contributed by atoms with Gasteiger partial charge in [0.05, 0.1) is 27.8 Å². The van der Waals surface area contributed by atoms with Gasteiger partial charge in [0.2, 0.25) is 5.91 Å². The largest absolute Gasteiger partial charge is 0.392 e. The molecule has 0 bridgehead atoms. The highest BCUT2D eigenvalue weighted by molar-refractivity contribution is 7.18. The van der Waals surface area contributed by atoms with Crippen LogP contribution in [0.4, 0.5) is 5.69 Å². The van der Waals surface area contributed by atoms with E-state index in [0.717, 1.165) is 43.7 Å². The van der Waals surface area contributed by atoms with Crippen LogP contribution in [-0.2, 0) is 11.3 Å². The molecule has 0 radical (unpaired) electrons. The number of halogens is 1. The minimum Gasteiger partial charge on any atom is -0.392 e. The highest BCUT2D eigenvalue weighted by Gasteiger charge is 2.34. The molecule has 0 spiro atoms. The third-order valence-corrected chi connectivity index (χ3v) is 7.94. The van der Waals surface area contributed by atoms with E-state index in [9.17, 15) is 14.7 Å². The molecule has 1 saturated heterocycles. The minimum atomic E-state index is -0.273. The number of imidazole rings is 1. The Labute approximate surface area is 212 Å². The molecule has 1 aromatic carbocycles. The van der Waals surface area contributed by atoms with Gasteiger partial charge in [0.25, 0.3) is 5.91 Å². The van der Waals surface area contributed by atoms with Crippen molar-refractivity contribution in [1.29, 1.82) is 0 Å². The fourth-order valence-electron chi connectivity index (χ4n) is 4.90. The Morgan fingerprint density at radius 3 is 2.69 bits per heavy atom. The van der Waals surface area contributed by atoms with Crippen LogP contribution in [0.3, 0.4) is 0 Å². The molecule has 3 aromatic rings. The zero-order valence-electron chi connectivity index (χ0n) is 19.2. The van der Waals surface area contributed by atoms with Crippen LogP contribution in [0.1, 0.15) is 41.2 Å². The Kier molecular flexibility index (Phi) is 7.19. The second-order valence-corrected chi connectivity index (χ2v) is 10.9. The van der Waals surface area contributed by atoms with Crippen molar-refractivity contribution in [2.24, 2.45) is 5.92 Å². The van der Waals surface area contributed by atoms with Gasteiger partial charge in [0.15, 0.2) is 0 Å². The van der Waals surface area contributed by atoms with Crippen molar-refractivity contribution < 1.29 is 14.7 Å². The predicted molar refractivity (Wildman–Crippen MR) is 136 cm³/mol. The van der Waals surface area contributed by atoms with Gasteiger partial charge in [-0.05, 0) is 55.7 Å². The number of benzene rings is 1. The SMILES string of the molecule is O=C(N[C@@H]1CCC[C@@H]1C(=O)Nc1ccc(-n2ccnc2CN2CCC(O)C2)cc1)c1ccc(Cl)s1. The lowest BCUT2D eigenvalue weighted by molar-refractivity contribution is -0.120. The van der Waals surface area contributed by atoms with Crippen LogP contribution in [0.25, 0.3) is 5.69 Å². The van der Waals surface area contributed by atoms with Crippen molar-refractivity contribution >= 4 is 40.4 Å². The lowest BCUT2D eigenvalue weighted by Gasteiger charge is -2.20. The second-order valence-electron chi connectivity index (χ2n) is 9.15. The van der Waals surface area contributed by atoms with Gasteiger partial charge in [-0.3, -0.25) is 14.5 Å². The molecule has 1 aliphatic heterocycles. The van der Waals surface area contributed by atoms with Crippen LogP contribution >= 0.6 is 22.9 Å². The van der Waals surface area contributed by atoms with E-state index in [4.69, 9.17) is 11.6 Å². The quantitative estimate of drug-likeness (QED) is 0.447. The number of rotatable bonds is 7. The van der Waals surface area contributed by atoms with Gasteiger partial charge >= 0.3 is 0 Å². The molecule has 8 nitrogen and oxygen atoms in total. The molecule has 5 rings (SSSR count). The number of carbonyl (C=O) groups excluding carboxylic acids is 2. The average Bonchev–Trinajstić information content (AvgIpc) is 3.63. The topological polar surface area (TPSA) is 99.5 Å². The molecule has 10 heteroatoms. The first-order valence-corrected chi connectivity index (χ1v) is 13.1. The summed E-state index contributed by atoms with van der Waals surface area (Å²) in [5.41, 5.74) is 1.67. The number of nitrogens with zero attached hydrogens (tertiary/aromatic N) is 3. The Bertz CT molecular complexity index is 1190. The van der Waals surface area contributed by atoms with Crippen molar-refractivity contribution in [3.63, 3.8) is 0 Å². The molecule has 1 unspecified atom stereocenters. The number of amides is 2. The lowest BCUT2D eigenvalue weighted by Crippen LogP contribution is -2.41. The Balaban J connectivity index is 1.20. The number of carbonyl (C=O) groups is 2. The summed E-state index contributed by atoms with van der Waals surface area (Å²) < 4.78 is 2.59. The first-order chi connectivity index (χ1) is 17.0. The summed E-state index contributed by atoms with van der Waals surface area (Å²) in [6.45, 7) is 2.21. The van der Waals surface area contributed by atoms with Crippen LogP contribution in [-0.4, -0.2) is 56.6 Å². The third-order valence-electron chi connectivity index (χ3n) is 6.71. The summed E-state index contributed by atoms with van der Waals surface area (Å²) in [6.07, 6.45) is 6.64. The summed E-state index contributed by atoms with van der Waals surface area (Å²) in [6, 6.07) is 10.9. The zero-order valence-corrected chi connectivity index (χ0v) is 20.8. The molecule has 2 aromatic heterocycles. The molecular weight excluding hydrogens is 486 g/mol. The first-order valence-electron chi connectivity index (χ1n) is 11.9. The normalized spacial score (nSPS) is 22.4. The molecular formula is C25H28ClN5O3S. The maximum Gasteiger partial charge on any atom is 0.261 e. The van der Waals surface area contributed by atoms with E-state index >= 15 is 0 Å². The van der Waals surface area contributed by atoms with E-state index in [2.05, 4.69) is 20.5 Å². The highest BCUT2D eigenvalue weighted by Crippen LogP contribution is 2.29. The molecule has 3 N–H and O–H groups in total. The molecule has 184 valence electrons. The zero-order chi connectivity index (χ0) is 24.4. The van der Waals surface area contributed by atoms with Gasteiger partial charge < -0.3 is 20.3 Å². The van der Waals surface area contributed by atoms with Gasteiger partial charge in [0, 0.05) is 42.9 Å². The van der Waals surface area contributed by atoms with E-state index in [-0.39, 0.29) is 29.9 Å². The molecule has 1 saturated carbocycles. The number of nitrogens with one attached hydrogen (secondary N) is 2. The number of thiophene rings is 1. The van der Waals surface area contributed by atoms with Crippen LogP contribution in [0.15, 0.2) is 48.8 Å². The van der Waals surface area contributed by atoms with Crippen molar-refractivity contribution in [3.8, 4) is 5.69 Å². The number of aromatic nitrogens is 2. The Morgan fingerprint density at radius 2 is 1.97 bits per heavy atom. The van der Waals surface area contributed by atoms with Crippen LogP contribution in [0.5, 0.6) is 0 Å². The Hall–Kier alpha value is -2.72. The molecule has 1 aliphatic carbocycles. The summed E-state index contributed by atoms with van der Waals surface area (Å²) >= 11 is 7.18. The van der Waals surface area contributed by atoms with Gasteiger partial charge in [-0.2, -0.15) is 0 Å². The predicted octanol–water partition coefficient (Wildman–Crippen LogP) is 3.69. The van der Waals surface area contributed by atoms with Crippen LogP contribution in [0, 0.1) is 5.92 Å². The molecule has 2 amide bonds. The summed E-state index contributed by atoms with van der Waals surface area (Å²) in [5.74, 6) is 0.369. The van der Waals surface area contributed by atoms with Crippen molar-refractivity contribution in [1.82, 2.24) is 19.8 Å². The first kappa shape index (κ1) is 24.0. The van der Waals surface area contributed by atoms with Gasteiger partial charge in [-0.15, -0.1) is 11.3 Å². The second kappa shape index (κ2) is 10.5. The van der Waals surface area contributed by atoms with E-state index < -0.39 is 0 Å². The molecule has 3 atom stereocenters. The fraction of sp³-hybridized carbons (Fsp3) is 0.400. The fourth-order valence-corrected chi connectivity index (χ4v) is 5.85. The number of hydrogen-bond donors (Lipinski definition) is 3. The standard InChI is InChI=1S/C25H28ClN5O3S/c26-22-9-8-21(35-22)25(34)29-20-3-1-2-19(20)24(33)28-16-4-6-17(7-5-16)31-13-11-27-23(31)15-30-12-10-18(32)14-30/h4-9,11,13,18-20,32H,1-3,10,12,14-15H2,(H,28,33)(H,29,34)/t18?,19-,20+/m0/s1. The van der Waals surface area contributed by atoms with Gasteiger partial charge in [-0.1, -0.05) is 18.0 Å². The van der Waals surface area contributed by atoms with Gasteiger partial charge in [-0.25, -0.2) is 4.98 Å². The maximum atomic E-state index is 13.0. The molecule has 2 fully saturated rings. The average molecular weight is 514 g/mol. The number of aliphatic hydroxyl groups excluding tert-OH is 1. The number of likely N-dealkylation sites (tertiary alicyclic amines) is 1.